The maximum Gasteiger partial charge on any atom is 0.236 e. The quantitative estimate of drug-likeness (QED) is 0.0888. The summed E-state index contributed by atoms with van der Waals surface area (Å²) in [4.78, 5) is 63.8. The topological polar surface area (TPSA) is 169 Å². The molecular formula is C50H59Cl2FN10O5. The number of halogens is 3. The Hall–Kier alpha value is -5.84. The molecule has 4 fully saturated rings. The van der Waals surface area contributed by atoms with Gasteiger partial charge >= 0.3 is 0 Å². The monoisotopic (exact) mass is 968 g/mol. The van der Waals surface area contributed by atoms with Crippen LogP contribution < -0.4 is 20.3 Å². The highest BCUT2D eigenvalue weighted by Gasteiger charge is 2.54. The number of nitrogens with zero attached hydrogens (tertiary/aromatic N) is 7. The molecule has 4 saturated heterocycles. The number of piperidine rings is 2. The number of hydrogen-bond donors (Lipinski definition) is 3. The molecule has 4 aliphatic heterocycles. The van der Waals surface area contributed by atoms with Gasteiger partial charge in [-0.2, -0.15) is 5.10 Å². The number of aromatic nitrogens is 4. The number of benzene rings is 2. The number of aromatic amines is 1. The summed E-state index contributed by atoms with van der Waals surface area (Å²) in [6, 6.07) is 15.3. The maximum atomic E-state index is 15.1. The molecule has 5 aromatic rings. The molecule has 3 N–H and O–H groups in total. The third kappa shape index (κ3) is 11.0. The number of rotatable bonds is 15. The highest BCUT2D eigenvalue weighted by atomic mass is 35.5. The van der Waals surface area contributed by atoms with Crippen LogP contribution in [0.25, 0.3) is 22.2 Å². The third-order valence-corrected chi connectivity index (χ3v) is 14.3. The Morgan fingerprint density at radius 2 is 1.65 bits per heavy atom. The van der Waals surface area contributed by atoms with Gasteiger partial charge in [-0.1, -0.05) is 29.3 Å². The highest BCUT2D eigenvalue weighted by Crippen LogP contribution is 2.43. The first-order valence-electron chi connectivity index (χ1n) is 23.4. The molecule has 0 bridgehead atoms. The molecule has 9 rings (SSSR count). The van der Waals surface area contributed by atoms with Crippen LogP contribution in [-0.2, 0) is 19.2 Å². The summed E-state index contributed by atoms with van der Waals surface area (Å²) in [5.74, 6) is 1.72. The summed E-state index contributed by atoms with van der Waals surface area (Å²) in [5.41, 5.74) is 4.76. The standard InChI is InChI=1S/C48H54Cl2FN9O4.C2H5NO/c1-30(4-3-19-61)54-35-6-8-37(41(51)20-35)32-11-15-57(16-12-32)25-44(62)58-17-13-33(14-18-58)47(63)60-28-48(29-60)26-59(27-48)43-10-5-34(22-53-43)46-38-21-36(7-9-42(38)55-56-46)64-31(2)45-39(49)23-52-24-40(45)50;1-3-2-4/h5-10,19-24,30-33,54H,3-4,11-18,25-29H2,1-2H3,(H,55,56);2H,1H3,(H,3,4)/t30?,31-;/m1./s1. The fourth-order valence-corrected chi connectivity index (χ4v) is 10.7. The smallest absolute Gasteiger partial charge is 0.236 e. The van der Waals surface area contributed by atoms with E-state index in [0.717, 1.165) is 97.6 Å². The summed E-state index contributed by atoms with van der Waals surface area (Å²) in [6.45, 7) is 10.1. The van der Waals surface area contributed by atoms with Crippen LogP contribution in [0, 0.1) is 17.2 Å². The lowest BCUT2D eigenvalue weighted by Crippen LogP contribution is -2.73. The van der Waals surface area contributed by atoms with Crippen LogP contribution in [0.3, 0.4) is 0 Å². The first-order chi connectivity index (χ1) is 32.9. The normalized spacial score (nSPS) is 18.2. The summed E-state index contributed by atoms with van der Waals surface area (Å²) < 4.78 is 21.4. The van der Waals surface area contributed by atoms with E-state index in [2.05, 4.69) is 35.6 Å². The molecule has 360 valence electrons. The Balaban J connectivity index is 0.00000150. The molecule has 0 saturated carbocycles. The zero-order valence-corrected chi connectivity index (χ0v) is 40.2. The number of pyridine rings is 2. The van der Waals surface area contributed by atoms with Crippen LogP contribution in [-0.4, -0.2) is 131 Å². The number of likely N-dealkylation sites (tertiary alicyclic amines) is 3. The first-order valence-corrected chi connectivity index (χ1v) is 24.2. The zero-order valence-electron chi connectivity index (χ0n) is 38.7. The van der Waals surface area contributed by atoms with Gasteiger partial charge in [-0.15, -0.1) is 0 Å². The Kier molecular flexibility index (Phi) is 15.5. The van der Waals surface area contributed by atoms with Crippen molar-refractivity contribution < 1.29 is 28.3 Å². The fraction of sp³-hybridized carbons (Fsp3) is 0.460. The van der Waals surface area contributed by atoms with Crippen LogP contribution in [0.15, 0.2) is 67.1 Å². The molecule has 2 aromatic carbocycles. The van der Waals surface area contributed by atoms with E-state index in [1.807, 2.05) is 72.3 Å². The molecule has 3 amide bonds. The van der Waals surface area contributed by atoms with E-state index < -0.39 is 6.10 Å². The summed E-state index contributed by atoms with van der Waals surface area (Å²) >= 11 is 12.7. The van der Waals surface area contributed by atoms with Crippen LogP contribution in [0.4, 0.5) is 15.9 Å². The number of hydrogen-bond acceptors (Lipinski definition) is 11. The van der Waals surface area contributed by atoms with Crippen molar-refractivity contribution in [2.75, 3.05) is 76.2 Å². The molecule has 4 aliphatic rings. The predicted octanol–water partition coefficient (Wildman–Crippen LogP) is 7.51. The Morgan fingerprint density at radius 3 is 2.29 bits per heavy atom. The maximum absolute atomic E-state index is 15.1. The molecule has 0 radical (unpaired) electrons. The largest absolute Gasteiger partial charge is 0.486 e. The molecular weight excluding hydrogens is 911 g/mol. The van der Waals surface area contributed by atoms with Gasteiger partial charge in [0.05, 0.1) is 22.1 Å². The van der Waals surface area contributed by atoms with Gasteiger partial charge in [-0.3, -0.25) is 29.4 Å². The average molecular weight is 970 g/mol. The van der Waals surface area contributed by atoms with Crippen molar-refractivity contribution in [3.8, 4) is 17.0 Å². The van der Waals surface area contributed by atoms with E-state index in [4.69, 9.17) is 37.7 Å². The van der Waals surface area contributed by atoms with Crippen molar-refractivity contribution in [1.82, 2.24) is 40.2 Å². The van der Waals surface area contributed by atoms with E-state index in [1.165, 1.54) is 0 Å². The van der Waals surface area contributed by atoms with E-state index in [9.17, 15) is 14.4 Å². The lowest BCUT2D eigenvalue weighted by molar-refractivity contribution is -0.152. The first kappa shape index (κ1) is 48.6. The average Bonchev–Trinajstić information content (AvgIpc) is 3.74. The molecule has 15 nitrogen and oxygen atoms in total. The summed E-state index contributed by atoms with van der Waals surface area (Å²) in [6.07, 6.45) is 10.2. The summed E-state index contributed by atoms with van der Waals surface area (Å²) in [5, 5.41) is 15.0. The highest BCUT2D eigenvalue weighted by molar-refractivity contribution is 6.35. The van der Waals surface area contributed by atoms with Gasteiger partial charge in [0.25, 0.3) is 0 Å². The van der Waals surface area contributed by atoms with Crippen LogP contribution in [0.5, 0.6) is 5.75 Å². The van der Waals surface area contributed by atoms with Crippen molar-refractivity contribution >= 4 is 70.1 Å². The number of carbonyl (C=O) groups is 4. The van der Waals surface area contributed by atoms with Crippen LogP contribution >= 0.6 is 23.2 Å². The number of anilines is 2. The third-order valence-electron chi connectivity index (χ3n) is 13.7. The molecule has 7 heterocycles. The van der Waals surface area contributed by atoms with Gasteiger partial charge in [0.15, 0.2) is 0 Å². The molecule has 1 spiro atoms. The van der Waals surface area contributed by atoms with Gasteiger partial charge in [0.2, 0.25) is 18.2 Å². The van der Waals surface area contributed by atoms with E-state index in [-0.39, 0.29) is 40.9 Å². The minimum atomic E-state index is -0.396. The Bertz CT molecular complexity index is 2550. The second-order valence-corrected chi connectivity index (χ2v) is 19.5. The molecule has 0 aliphatic carbocycles. The van der Waals surface area contributed by atoms with E-state index >= 15 is 4.39 Å². The minimum absolute atomic E-state index is 0.0545. The number of ether oxygens (including phenoxy) is 1. The van der Waals surface area contributed by atoms with Gasteiger partial charge < -0.3 is 34.9 Å². The lowest BCUT2D eigenvalue weighted by atomic mass is 9.72. The van der Waals surface area contributed by atoms with Crippen LogP contribution in [0.2, 0.25) is 10.0 Å². The van der Waals surface area contributed by atoms with Crippen molar-refractivity contribution in [2.45, 2.75) is 70.4 Å². The number of carbonyl (C=O) groups excluding carboxylic acids is 4. The predicted molar refractivity (Wildman–Crippen MR) is 261 cm³/mol. The SMILES string of the molecule is CC(CCC=O)Nc1ccc(C2CCN(CC(=O)N3CCC(C(=O)N4CC5(C4)CN(c4ccc(-c6n[nH]c7ccc(O[C@H](C)c8c(Cl)cncc8Cl)cc67)cn4)C5)CC3)CC2)c(F)c1.CNC=O. The molecule has 18 heteroatoms. The zero-order chi connectivity index (χ0) is 48.0. The molecule has 1 unspecified atom stereocenters. The number of nitrogens with one attached hydrogen (secondary N) is 3. The van der Waals surface area contributed by atoms with Gasteiger partial charge in [-0.05, 0) is 113 Å². The Morgan fingerprint density at radius 1 is 0.926 bits per heavy atom. The van der Waals surface area contributed by atoms with Crippen molar-refractivity contribution in [3.63, 3.8) is 0 Å². The molecule has 68 heavy (non-hydrogen) atoms. The number of aldehydes is 1. The van der Waals surface area contributed by atoms with Crippen LogP contribution in [0.1, 0.15) is 75.5 Å². The summed E-state index contributed by atoms with van der Waals surface area (Å²) in [7, 11) is 1.56. The van der Waals surface area contributed by atoms with Gasteiger partial charge in [-0.25, -0.2) is 9.37 Å². The Labute approximate surface area is 406 Å². The minimum Gasteiger partial charge on any atom is -0.486 e. The molecule has 3 aromatic heterocycles. The molecule has 2 atom stereocenters. The van der Waals surface area contributed by atoms with E-state index in [0.29, 0.717) is 73.1 Å². The van der Waals surface area contributed by atoms with Gasteiger partial charge in [0.1, 0.15) is 35.5 Å². The van der Waals surface area contributed by atoms with Crippen molar-refractivity contribution in [2.24, 2.45) is 11.3 Å². The second kappa shape index (κ2) is 21.6. The number of amides is 3. The number of H-pyrrole nitrogens is 1. The number of fused-ring (bicyclic) bond motifs is 1. The van der Waals surface area contributed by atoms with Crippen molar-refractivity contribution in [1.29, 1.82) is 0 Å². The van der Waals surface area contributed by atoms with Crippen molar-refractivity contribution in [3.05, 3.63) is 94.1 Å². The lowest BCUT2D eigenvalue weighted by Gasteiger charge is -2.61. The second-order valence-electron chi connectivity index (χ2n) is 18.6. The fourth-order valence-electron chi connectivity index (χ4n) is 10.1. The van der Waals surface area contributed by atoms with Gasteiger partial charge in [0, 0.05) is 111 Å². The van der Waals surface area contributed by atoms with E-state index in [1.54, 1.807) is 25.5 Å².